The molecule has 1 aliphatic rings. The van der Waals surface area contributed by atoms with Gasteiger partial charge in [-0.25, -0.2) is 18.7 Å². The summed E-state index contributed by atoms with van der Waals surface area (Å²) in [5.74, 6) is 0.151. The lowest BCUT2D eigenvalue weighted by Crippen LogP contribution is -2.50. The number of alkyl halides is 1. The van der Waals surface area contributed by atoms with E-state index in [1.54, 1.807) is 0 Å². The molecule has 132 valence electrons. The lowest BCUT2D eigenvalue weighted by molar-refractivity contribution is 0.243. The summed E-state index contributed by atoms with van der Waals surface area (Å²) in [7, 11) is 0. The average molecular weight is 365 g/mol. The van der Waals surface area contributed by atoms with Crippen molar-refractivity contribution < 1.29 is 8.78 Å². The van der Waals surface area contributed by atoms with Crippen LogP contribution in [0.25, 0.3) is 11.2 Å². The lowest BCUT2D eigenvalue weighted by atomic mass is 10.1. The van der Waals surface area contributed by atoms with Crippen LogP contribution < -0.4 is 10.6 Å². The smallest absolute Gasteiger partial charge is 0.208 e. The first kappa shape index (κ1) is 16.3. The van der Waals surface area contributed by atoms with Crippen LogP contribution in [0.1, 0.15) is 16.4 Å². The first-order valence-corrected chi connectivity index (χ1v) is 8.78. The van der Waals surface area contributed by atoms with E-state index in [0.29, 0.717) is 43.2 Å². The van der Waals surface area contributed by atoms with Crippen molar-refractivity contribution in [2.24, 2.45) is 5.73 Å². The monoisotopic (exact) mass is 365 g/mol. The van der Waals surface area contributed by atoms with Crippen molar-refractivity contribution in [2.45, 2.75) is 32.1 Å². The molecule has 10 heteroatoms. The third-order valence-corrected chi connectivity index (χ3v) is 5.07. The fourth-order valence-electron chi connectivity index (χ4n) is 3.03. The molecule has 2 N–H and O–H groups in total. The fraction of sp³-hybridized carbons (Fsp3) is 0.467. The summed E-state index contributed by atoms with van der Waals surface area (Å²) in [6.07, 6.45) is 0.481. The Bertz CT molecular complexity index is 909. The molecule has 0 saturated carbocycles. The second-order valence-corrected chi connectivity index (χ2v) is 7.39. The molecule has 2 atom stereocenters. The van der Waals surface area contributed by atoms with Gasteiger partial charge in [0.25, 0.3) is 0 Å². The van der Waals surface area contributed by atoms with Crippen LogP contribution in [0.3, 0.4) is 0 Å². The molecule has 0 radical (unpaired) electrons. The Morgan fingerprint density at radius 1 is 1.40 bits per heavy atom. The molecule has 3 aromatic rings. The summed E-state index contributed by atoms with van der Waals surface area (Å²) in [5.41, 5.74) is 6.89. The van der Waals surface area contributed by atoms with Crippen LogP contribution >= 0.6 is 11.3 Å². The number of rotatable bonds is 3. The number of anilines is 1. The Kier molecular flexibility index (Phi) is 4.08. The standard InChI is InChI=1S/C15H17F2N7S/c1-8-21-22-13(25-8)7-24-14-12(4-9(16)5-19-14)20-15(24)23-3-2-10(17)11(18)6-23/h4-5,10-11H,2-3,6-7,18H2,1H3/t10-,11-/m1/s1. The van der Waals surface area contributed by atoms with Gasteiger partial charge in [-0.1, -0.05) is 11.3 Å². The molecule has 3 aromatic heterocycles. The number of nitrogens with two attached hydrogens (primary N) is 1. The van der Waals surface area contributed by atoms with Crippen LogP contribution in [-0.4, -0.2) is 50.0 Å². The van der Waals surface area contributed by atoms with Gasteiger partial charge in [-0.15, -0.1) is 10.2 Å². The van der Waals surface area contributed by atoms with Gasteiger partial charge in [0, 0.05) is 19.2 Å². The number of piperidine rings is 1. The van der Waals surface area contributed by atoms with E-state index in [9.17, 15) is 8.78 Å². The first-order valence-electron chi connectivity index (χ1n) is 7.96. The molecule has 25 heavy (non-hydrogen) atoms. The quantitative estimate of drug-likeness (QED) is 0.760. The molecular formula is C15H17F2N7S. The topological polar surface area (TPSA) is 85.8 Å². The number of pyridine rings is 1. The third-order valence-electron chi connectivity index (χ3n) is 4.25. The van der Waals surface area contributed by atoms with Crippen molar-refractivity contribution in [3.8, 4) is 0 Å². The minimum Gasteiger partial charge on any atom is -0.340 e. The summed E-state index contributed by atoms with van der Waals surface area (Å²) in [5, 5.41) is 9.83. The van der Waals surface area contributed by atoms with E-state index in [0.717, 1.165) is 16.2 Å². The van der Waals surface area contributed by atoms with Gasteiger partial charge in [-0.2, -0.15) is 0 Å². The Labute approximate surface area is 146 Å². The van der Waals surface area contributed by atoms with Crippen molar-refractivity contribution in [2.75, 3.05) is 18.0 Å². The predicted molar refractivity (Wildman–Crippen MR) is 90.9 cm³/mol. The molecule has 0 unspecified atom stereocenters. The van der Waals surface area contributed by atoms with E-state index in [1.807, 2.05) is 16.4 Å². The molecule has 1 fully saturated rings. The normalized spacial score (nSPS) is 21.2. The molecule has 0 bridgehead atoms. The van der Waals surface area contributed by atoms with Crippen LogP contribution in [0.2, 0.25) is 0 Å². The molecule has 0 amide bonds. The van der Waals surface area contributed by atoms with Crippen molar-refractivity contribution in [3.63, 3.8) is 0 Å². The van der Waals surface area contributed by atoms with Crippen LogP contribution in [0.4, 0.5) is 14.7 Å². The zero-order chi connectivity index (χ0) is 17.6. The van der Waals surface area contributed by atoms with Gasteiger partial charge in [0.15, 0.2) is 5.65 Å². The van der Waals surface area contributed by atoms with Gasteiger partial charge < -0.3 is 10.6 Å². The summed E-state index contributed by atoms with van der Waals surface area (Å²) in [6, 6.07) is 0.769. The second kappa shape index (κ2) is 6.26. The van der Waals surface area contributed by atoms with E-state index in [4.69, 9.17) is 5.73 Å². The number of hydrogen-bond acceptors (Lipinski definition) is 7. The zero-order valence-corrected chi connectivity index (χ0v) is 14.4. The summed E-state index contributed by atoms with van der Waals surface area (Å²) in [6.45, 7) is 3.14. The number of imidazole rings is 1. The van der Waals surface area contributed by atoms with Gasteiger partial charge in [-0.3, -0.25) is 4.57 Å². The SMILES string of the molecule is Cc1nnc(Cn2c(N3CC[C@@H](F)[C@H](N)C3)nc3cc(F)cnc32)s1. The van der Waals surface area contributed by atoms with E-state index in [-0.39, 0.29) is 0 Å². The van der Waals surface area contributed by atoms with Crippen molar-refractivity contribution in [1.82, 2.24) is 24.7 Å². The van der Waals surface area contributed by atoms with Gasteiger partial charge in [-0.05, 0) is 13.3 Å². The maximum atomic E-state index is 13.7. The lowest BCUT2D eigenvalue weighted by Gasteiger charge is -2.33. The zero-order valence-electron chi connectivity index (χ0n) is 13.6. The van der Waals surface area contributed by atoms with Crippen LogP contribution in [0, 0.1) is 12.7 Å². The van der Waals surface area contributed by atoms with E-state index < -0.39 is 18.0 Å². The summed E-state index contributed by atoms with van der Waals surface area (Å²) in [4.78, 5) is 10.6. The highest BCUT2D eigenvalue weighted by atomic mass is 32.1. The molecule has 7 nitrogen and oxygen atoms in total. The Balaban J connectivity index is 1.77. The number of hydrogen-bond donors (Lipinski definition) is 1. The van der Waals surface area contributed by atoms with Crippen molar-refractivity contribution in [3.05, 3.63) is 28.1 Å². The summed E-state index contributed by atoms with van der Waals surface area (Å²) >= 11 is 1.48. The second-order valence-electron chi connectivity index (χ2n) is 6.12. The first-order chi connectivity index (χ1) is 12.0. The average Bonchev–Trinajstić information content (AvgIpc) is 3.14. The van der Waals surface area contributed by atoms with Gasteiger partial charge in [0.2, 0.25) is 5.95 Å². The number of nitrogens with zero attached hydrogens (tertiary/aromatic N) is 6. The Morgan fingerprint density at radius 3 is 2.96 bits per heavy atom. The number of aryl methyl sites for hydroxylation is 1. The molecular weight excluding hydrogens is 348 g/mol. The van der Waals surface area contributed by atoms with E-state index in [1.165, 1.54) is 17.4 Å². The van der Waals surface area contributed by atoms with Crippen molar-refractivity contribution in [1.29, 1.82) is 0 Å². The largest absolute Gasteiger partial charge is 0.340 e. The van der Waals surface area contributed by atoms with Gasteiger partial charge in [0.05, 0.1) is 18.8 Å². The number of fused-ring (bicyclic) bond motifs is 1. The highest BCUT2D eigenvalue weighted by Crippen LogP contribution is 2.26. The van der Waals surface area contributed by atoms with Gasteiger partial charge >= 0.3 is 0 Å². The molecule has 4 heterocycles. The summed E-state index contributed by atoms with van der Waals surface area (Å²) < 4.78 is 29.1. The molecule has 1 aliphatic heterocycles. The number of aromatic nitrogens is 5. The highest BCUT2D eigenvalue weighted by molar-refractivity contribution is 7.11. The Hall–Kier alpha value is -2.20. The number of halogens is 2. The predicted octanol–water partition coefficient (Wildman–Crippen LogP) is 1.65. The Morgan fingerprint density at radius 2 is 2.24 bits per heavy atom. The maximum absolute atomic E-state index is 13.7. The minimum absolute atomic E-state index is 0.337. The van der Waals surface area contributed by atoms with E-state index >= 15 is 0 Å². The maximum Gasteiger partial charge on any atom is 0.208 e. The van der Waals surface area contributed by atoms with Crippen LogP contribution in [0.5, 0.6) is 0 Å². The van der Waals surface area contributed by atoms with Crippen LogP contribution in [0.15, 0.2) is 12.3 Å². The fourth-order valence-corrected chi connectivity index (χ4v) is 3.73. The molecule has 0 aromatic carbocycles. The molecule has 1 saturated heterocycles. The minimum atomic E-state index is -1.02. The van der Waals surface area contributed by atoms with Crippen molar-refractivity contribution >= 4 is 28.4 Å². The molecule has 4 rings (SSSR count). The molecule has 0 aliphatic carbocycles. The van der Waals surface area contributed by atoms with E-state index in [2.05, 4.69) is 20.2 Å². The highest BCUT2D eigenvalue weighted by Gasteiger charge is 2.29. The van der Waals surface area contributed by atoms with Crippen LogP contribution in [-0.2, 0) is 6.54 Å². The third kappa shape index (κ3) is 3.07. The molecule has 0 spiro atoms. The van der Waals surface area contributed by atoms with Gasteiger partial charge in [0.1, 0.15) is 27.5 Å².